The summed E-state index contributed by atoms with van der Waals surface area (Å²) >= 11 is 0. The highest BCUT2D eigenvalue weighted by Crippen LogP contribution is 2.11. The second-order valence-corrected chi connectivity index (χ2v) is 2.56. The molecule has 2 heteroatoms. The Kier molecular flexibility index (Phi) is 3.84. The van der Waals surface area contributed by atoms with E-state index in [9.17, 15) is 4.39 Å². The molecule has 0 radical (unpaired) electrons. The Morgan fingerprint density at radius 2 is 2.00 bits per heavy atom. The molecule has 13 heavy (non-hydrogen) atoms. The largest absolute Gasteiger partial charge is 0.493 e. The number of rotatable bonds is 4. The van der Waals surface area contributed by atoms with Crippen LogP contribution < -0.4 is 4.74 Å². The Hall–Kier alpha value is -1.49. The molecule has 0 heterocycles. The lowest BCUT2D eigenvalue weighted by Gasteiger charge is -2.03. The molecule has 0 aliphatic rings. The molecule has 0 fully saturated rings. The molecule has 1 rings (SSSR count). The highest BCUT2D eigenvalue weighted by atomic mass is 19.1. The van der Waals surface area contributed by atoms with Crippen LogP contribution in [-0.2, 0) is 0 Å². The van der Waals surface area contributed by atoms with Gasteiger partial charge in [-0.15, -0.1) is 6.42 Å². The van der Waals surface area contributed by atoms with E-state index in [1.165, 1.54) is 0 Å². The number of halogens is 1. The van der Waals surface area contributed by atoms with Gasteiger partial charge in [-0.3, -0.25) is 4.39 Å². The molecule has 68 valence electrons. The molecule has 0 aliphatic heterocycles. The molecule has 0 amide bonds. The van der Waals surface area contributed by atoms with E-state index >= 15 is 0 Å². The zero-order valence-corrected chi connectivity index (χ0v) is 7.29. The summed E-state index contributed by atoms with van der Waals surface area (Å²) in [6, 6.07) is 7.16. The average Bonchev–Trinajstić information content (AvgIpc) is 2.19. The normalized spacial score (nSPS) is 9.23. The first-order chi connectivity index (χ1) is 6.36. The summed E-state index contributed by atoms with van der Waals surface area (Å²) < 4.78 is 16.9. The van der Waals surface area contributed by atoms with Crippen LogP contribution in [-0.4, -0.2) is 13.3 Å². The number of hydrogen-bond donors (Lipinski definition) is 0. The first-order valence-electron chi connectivity index (χ1n) is 4.12. The summed E-state index contributed by atoms with van der Waals surface area (Å²) in [4.78, 5) is 0. The van der Waals surface area contributed by atoms with Crippen LogP contribution in [0, 0.1) is 12.3 Å². The van der Waals surface area contributed by atoms with Crippen molar-refractivity contribution in [3.63, 3.8) is 0 Å². The summed E-state index contributed by atoms with van der Waals surface area (Å²) in [7, 11) is 0. The Morgan fingerprint density at radius 3 is 2.54 bits per heavy atom. The van der Waals surface area contributed by atoms with Crippen LogP contribution in [0.1, 0.15) is 12.0 Å². The molecule has 0 saturated carbocycles. The van der Waals surface area contributed by atoms with Crippen LogP contribution in [0.15, 0.2) is 24.3 Å². The average molecular weight is 178 g/mol. The minimum Gasteiger partial charge on any atom is -0.493 e. The van der Waals surface area contributed by atoms with E-state index in [2.05, 4.69) is 5.92 Å². The van der Waals surface area contributed by atoms with Crippen LogP contribution in [0.5, 0.6) is 5.75 Å². The van der Waals surface area contributed by atoms with Crippen LogP contribution in [0.25, 0.3) is 0 Å². The monoisotopic (exact) mass is 178 g/mol. The standard InChI is InChI=1S/C11H11FO/c1-2-10-4-6-11(7-5-10)13-9-3-8-12/h1,4-7H,3,8-9H2. The fraction of sp³-hybridized carbons (Fsp3) is 0.273. The van der Waals surface area contributed by atoms with Gasteiger partial charge in [-0.25, -0.2) is 0 Å². The lowest BCUT2D eigenvalue weighted by atomic mass is 10.2. The lowest BCUT2D eigenvalue weighted by Crippen LogP contribution is -1.97. The SMILES string of the molecule is C#Cc1ccc(OCCCF)cc1. The summed E-state index contributed by atoms with van der Waals surface area (Å²) in [5, 5.41) is 0. The van der Waals surface area contributed by atoms with Gasteiger partial charge in [-0.05, 0) is 24.3 Å². The van der Waals surface area contributed by atoms with Crippen LogP contribution in [0.2, 0.25) is 0 Å². The maximum Gasteiger partial charge on any atom is 0.119 e. The zero-order valence-electron chi connectivity index (χ0n) is 7.29. The quantitative estimate of drug-likeness (QED) is 0.508. The summed E-state index contributed by atoms with van der Waals surface area (Å²) in [6.45, 7) is 0.0638. The summed E-state index contributed by atoms with van der Waals surface area (Å²) in [5.41, 5.74) is 0.817. The topological polar surface area (TPSA) is 9.23 Å². The van der Waals surface area contributed by atoms with E-state index in [0.717, 1.165) is 11.3 Å². The van der Waals surface area contributed by atoms with E-state index < -0.39 is 0 Å². The maximum atomic E-state index is 11.7. The minimum absolute atomic E-state index is 0.345. The molecule has 0 saturated heterocycles. The van der Waals surface area contributed by atoms with Gasteiger partial charge in [0.05, 0.1) is 13.3 Å². The molecule has 1 aromatic carbocycles. The highest BCUT2D eigenvalue weighted by molar-refractivity contribution is 5.36. The van der Waals surface area contributed by atoms with Crippen LogP contribution in [0.4, 0.5) is 4.39 Å². The third kappa shape index (κ3) is 3.16. The van der Waals surface area contributed by atoms with Crippen molar-refractivity contribution in [2.24, 2.45) is 0 Å². The molecule has 0 aromatic heterocycles. The van der Waals surface area contributed by atoms with Crippen LogP contribution in [0.3, 0.4) is 0 Å². The van der Waals surface area contributed by atoms with Gasteiger partial charge in [0.2, 0.25) is 0 Å². The van der Waals surface area contributed by atoms with E-state index in [1.807, 2.05) is 0 Å². The first kappa shape index (κ1) is 9.60. The Labute approximate surface area is 77.5 Å². The molecule has 0 bridgehead atoms. The van der Waals surface area contributed by atoms with Crippen molar-refractivity contribution >= 4 is 0 Å². The molecular formula is C11H11FO. The van der Waals surface area contributed by atoms with E-state index in [1.54, 1.807) is 24.3 Å². The number of alkyl halides is 1. The fourth-order valence-electron chi connectivity index (χ4n) is 0.892. The molecule has 1 nitrogen and oxygen atoms in total. The van der Waals surface area contributed by atoms with Crippen molar-refractivity contribution in [2.75, 3.05) is 13.3 Å². The summed E-state index contributed by atoms with van der Waals surface area (Å²) in [6.07, 6.45) is 5.61. The van der Waals surface area contributed by atoms with Crippen molar-refractivity contribution in [1.29, 1.82) is 0 Å². The number of terminal acetylenes is 1. The summed E-state index contributed by atoms with van der Waals surface area (Å²) in [5.74, 6) is 3.23. The van der Waals surface area contributed by atoms with Crippen molar-refractivity contribution < 1.29 is 9.13 Å². The number of benzene rings is 1. The van der Waals surface area contributed by atoms with Gasteiger partial charge in [-0.1, -0.05) is 5.92 Å². The minimum atomic E-state index is -0.345. The van der Waals surface area contributed by atoms with Crippen molar-refractivity contribution in [3.05, 3.63) is 29.8 Å². The molecule has 0 unspecified atom stereocenters. The zero-order chi connectivity index (χ0) is 9.52. The molecule has 0 spiro atoms. The molecule has 0 aliphatic carbocycles. The maximum absolute atomic E-state index is 11.7. The van der Waals surface area contributed by atoms with E-state index in [-0.39, 0.29) is 6.67 Å². The Morgan fingerprint density at radius 1 is 1.31 bits per heavy atom. The van der Waals surface area contributed by atoms with Gasteiger partial charge in [-0.2, -0.15) is 0 Å². The third-order valence-electron chi connectivity index (χ3n) is 1.57. The second kappa shape index (κ2) is 5.21. The number of hydrogen-bond acceptors (Lipinski definition) is 1. The van der Waals surface area contributed by atoms with Gasteiger partial charge in [0.15, 0.2) is 0 Å². The lowest BCUT2D eigenvalue weighted by molar-refractivity contribution is 0.289. The predicted molar refractivity (Wildman–Crippen MR) is 50.5 cm³/mol. The van der Waals surface area contributed by atoms with Gasteiger partial charge in [0.25, 0.3) is 0 Å². The van der Waals surface area contributed by atoms with Gasteiger partial charge >= 0.3 is 0 Å². The van der Waals surface area contributed by atoms with Gasteiger partial charge < -0.3 is 4.74 Å². The van der Waals surface area contributed by atoms with Gasteiger partial charge in [0, 0.05) is 12.0 Å². The molecule has 1 aromatic rings. The van der Waals surface area contributed by atoms with Crippen molar-refractivity contribution in [3.8, 4) is 18.1 Å². The van der Waals surface area contributed by atoms with Gasteiger partial charge in [0.1, 0.15) is 5.75 Å². The van der Waals surface area contributed by atoms with Crippen LogP contribution >= 0.6 is 0 Å². The Bertz CT molecular complexity index is 284. The number of ether oxygens (including phenoxy) is 1. The molecule has 0 N–H and O–H groups in total. The van der Waals surface area contributed by atoms with E-state index in [4.69, 9.17) is 11.2 Å². The molecular weight excluding hydrogens is 167 g/mol. The fourth-order valence-corrected chi connectivity index (χ4v) is 0.892. The predicted octanol–water partition coefficient (Wildman–Crippen LogP) is 2.41. The smallest absolute Gasteiger partial charge is 0.119 e. The molecule has 0 atom stereocenters. The van der Waals surface area contributed by atoms with E-state index in [0.29, 0.717) is 13.0 Å². The van der Waals surface area contributed by atoms with Crippen molar-refractivity contribution in [2.45, 2.75) is 6.42 Å². The second-order valence-electron chi connectivity index (χ2n) is 2.56. The third-order valence-corrected chi connectivity index (χ3v) is 1.57. The highest BCUT2D eigenvalue weighted by Gasteiger charge is 1.92. The Balaban J connectivity index is 2.46. The first-order valence-corrected chi connectivity index (χ1v) is 4.12. The van der Waals surface area contributed by atoms with Crippen molar-refractivity contribution in [1.82, 2.24) is 0 Å².